The minimum Gasteiger partial charge on any atom is -0.457 e. The van der Waals surface area contributed by atoms with E-state index in [-0.39, 0.29) is 57.1 Å². The molecule has 4 aromatic carbocycles. The Morgan fingerprint density at radius 3 is 1.44 bits per heavy atom. The van der Waals surface area contributed by atoms with Gasteiger partial charge in [-0.15, -0.1) is 0 Å². The van der Waals surface area contributed by atoms with E-state index >= 15 is 13.2 Å². The van der Waals surface area contributed by atoms with E-state index in [0.29, 0.717) is 18.2 Å². The summed E-state index contributed by atoms with van der Waals surface area (Å²) in [7, 11) is 0. The van der Waals surface area contributed by atoms with Crippen LogP contribution in [0.25, 0.3) is 33.9 Å². The van der Waals surface area contributed by atoms with Crippen molar-refractivity contribution in [1.29, 1.82) is 10.5 Å². The van der Waals surface area contributed by atoms with E-state index in [1.54, 1.807) is 0 Å². The van der Waals surface area contributed by atoms with Gasteiger partial charge in [0.15, 0.2) is 11.6 Å². The maximum Gasteiger partial charge on any atom is 0.418 e. The van der Waals surface area contributed by atoms with Crippen LogP contribution in [0.3, 0.4) is 0 Å². The number of carbonyl (C=O) groups is 2. The number of nitrogens with zero attached hydrogens (tertiary/aromatic N) is 6. The first-order chi connectivity index (χ1) is 30.3. The molecule has 6 rings (SSSR count). The first kappa shape index (κ1) is 45.5. The molecule has 2 amide bonds. The van der Waals surface area contributed by atoms with Gasteiger partial charge in [0.1, 0.15) is 52.7 Å². The number of halogens is 6. The first-order valence-corrected chi connectivity index (χ1v) is 18.1. The zero-order valence-electron chi connectivity index (χ0n) is 32.2. The molecule has 8 N–H and O–H groups in total. The predicted molar refractivity (Wildman–Crippen MR) is 208 cm³/mol. The number of amides is 2. The van der Waals surface area contributed by atoms with Gasteiger partial charge in [0.2, 0.25) is 0 Å². The highest BCUT2D eigenvalue weighted by Crippen LogP contribution is 2.51. The summed E-state index contributed by atoms with van der Waals surface area (Å²) in [4.78, 5) is 40.1. The summed E-state index contributed by atoms with van der Waals surface area (Å²) in [5, 5.41) is 59.1. The van der Waals surface area contributed by atoms with Gasteiger partial charge in [-0.25, -0.2) is 19.9 Å². The number of aliphatic hydroxyl groups is 4. The Kier molecular flexibility index (Phi) is 12.9. The van der Waals surface area contributed by atoms with Crippen molar-refractivity contribution in [2.75, 3.05) is 13.2 Å². The normalized spacial score (nSPS) is 12.4. The number of hydrogen-bond donors (Lipinski definition) is 6. The fraction of sp³-hybridized carbons (Fsp3) is 0.143. The molecule has 0 aliphatic heterocycles. The third kappa shape index (κ3) is 9.55. The first-order valence-electron chi connectivity index (χ1n) is 18.1. The number of nitriles is 2. The van der Waals surface area contributed by atoms with E-state index in [0.717, 1.165) is 18.2 Å². The quantitative estimate of drug-likeness (QED) is 0.0739. The highest BCUT2D eigenvalue weighted by molar-refractivity contribution is 5.92. The molecule has 0 aliphatic rings. The van der Waals surface area contributed by atoms with E-state index in [4.69, 9.17) is 20.9 Å². The van der Waals surface area contributed by atoms with Crippen LogP contribution < -0.4 is 20.9 Å². The van der Waals surface area contributed by atoms with Gasteiger partial charge >= 0.3 is 12.4 Å². The van der Waals surface area contributed by atoms with Crippen LogP contribution in [-0.2, 0) is 12.4 Å². The number of primary amides is 2. The molecule has 0 saturated heterocycles. The minimum atomic E-state index is -5.47. The van der Waals surface area contributed by atoms with Crippen LogP contribution in [0.5, 0.6) is 23.0 Å². The molecule has 6 aromatic rings. The Labute approximate surface area is 355 Å². The Morgan fingerprint density at radius 2 is 1.06 bits per heavy atom. The van der Waals surface area contributed by atoms with E-state index in [1.165, 1.54) is 60.7 Å². The van der Waals surface area contributed by atoms with Gasteiger partial charge < -0.3 is 41.4 Å². The number of rotatable bonds is 13. The third-order valence-corrected chi connectivity index (χ3v) is 9.11. The van der Waals surface area contributed by atoms with Crippen molar-refractivity contribution in [1.82, 2.24) is 19.9 Å². The topological polar surface area (TPSA) is 285 Å². The van der Waals surface area contributed by atoms with Crippen molar-refractivity contribution in [3.63, 3.8) is 0 Å². The molecule has 0 fully saturated rings. The summed E-state index contributed by atoms with van der Waals surface area (Å²) in [6.45, 7) is -1.56. The van der Waals surface area contributed by atoms with Gasteiger partial charge in [0, 0.05) is 22.3 Å². The molecule has 0 aliphatic carbocycles. The van der Waals surface area contributed by atoms with E-state index in [1.807, 2.05) is 0 Å². The molecule has 0 spiro atoms. The molecule has 2 unspecified atom stereocenters. The third-order valence-electron chi connectivity index (χ3n) is 9.11. The van der Waals surface area contributed by atoms with Crippen LogP contribution in [0.2, 0.25) is 0 Å². The Bertz CT molecular complexity index is 2860. The number of nitrogens with two attached hydrogens (primary N) is 2. The van der Waals surface area contributed by atoms with E-state index in [2.05, 4.69) is 19.9 Å². The maximum absolute atomic E-state index is 15.2. The second-order valence-corrected chi connectivity index (χ2v) is 13.3. The molecule has 16 nitrogen and oxygen atoms in total. The molecule has 2 heterocycles. The second kappa shape index (κ2) is 18.1. The molecule has 0 bridgehead atoms. The van der Waals surface area contributed by atoms with Crippen LogP contribution in [0.1, 0.15) is 66.8 Å². The summed E-state index contributed by atoms with van der Waals surface area (Å²) in [6.07, 6.45) is -13.8. The standard InChI is InChI=1S/C42H28F6N8O8/c43-41(44,45)25-10-12-32(63-22-6-1-19(2-7-22)39-53-26(30(59)17-57)13-28(55-39)37(51)61)34(24(25)16-50)35-33(11-5-21(15-49)36(35)42(46,47)48)64-23-8-3-20(4-9-23)40-54-27(31(60)18-58)14-29(56-40)38(52)62/h1-14,30-31,57-60H,17-18H2,(H2,51,61)(H2,52,62). The van der Waals surface area contributed by atoms with Gasteiger partial charge in [-0.05, 0) is 84.9 Å². The molecule has 0 saturated carbocycles. The number of ether oxygens (including phenoxy) is 2. The van der Waals surface area contributed by atoms with Crippen LogP contribution in [-0.4, -0.2) is 65.4 Å². The van der Waals surface area contributed by atoms with Crippen LogP contribution in [0, 0.1) is 22.7 Å². The zero-order chi connectivity index (χ0) is 46.7. The molecule has 326 valence electrons. The second-order valence-electron chi connectivity index (χ2n) is 13.3. The lowest BCUT2D eigenvalue weighted by Gasteiger charge is -2.23. The predicted octanol–water partition coefficient (Wildman–Crippen LogP) is 5.88. The number of alkyl halides is 6. The largest absolute Gasteiger partial charge is 0.457 e. The minimum absolute atomic E-state index is 0.138. The number of benzene rings is 4. The number of aromatic nitrogens is 4. The fourth-order valence-corrected chi connectivity index (χ4v) is 6.14. The van der Waals surface area contributed by atoms with Crippen molar-refractivity contribution in [3.8, 4) is 69.0 Å². The highest BCUT2D eigenvalue weighted by atomic mass is 19.4. The van der Waals surface area contributed by atoms with Crippen LogP contribution in [0.4, 0.5) is 26.3 Å². The Balaban J connectivity index is 1.50. The Morgan fingerprint density at radius 1 is 0.625 bits per heavy atom. The van der Waals surface area contributed by atoms with Crippen LogP contribution >= 0.6 is 0 Å². The molecular formula is C42H28F6N8O8. The van der Waals surface area contributed by atoms with E-state index < -0.39 is 94.5 Å². The average molecular weight is 887 g/mol. The monoisotopic (exact) mass is 886 g/mol. The summed E-state index contributed by atoms with van der Waals surface area (Å²) < 4.78 is 101. The fourth-order valence-electron chi connectivity index (χ4n) is 6.14. The summed E-state index contributed by atoms with van der Waals surface area (Å²) in [5.74, 6) is -4.36. The Hall–Kier alpha value is -8.02. The summed E-state index contributed by atoms with van der Waals surface area (Å²) in [5.41, 5.74) is 1.90. The number of aliphatic hydroxyl groups excluding tert-OH is 4. The highest BCUT2D eigenvalue weighted by Gasteiger charge is 2.42. The lowest BCUT2D eigenvalue weighted by Crippen LogP contribution is -2.16. The lowest BCUT2D eigenvalue weighted by atomic mass is 9.88. The molecule has 2 atom stereocenters. The zero-order valence-corrected chi connectivity index (χ0v) is 32.2. The lowest BCUT2D eigenvalue weighted by molar-refractivity contribution is -0.138. The average Bonchev–Trinajstić information content (AvgIpc) is 3.27. The molecule has 22 heteroatoms. The van der Waals surface area contributed by atoms with Crippen LogP contribution in [0.15, 0.2) is 84.9 Å². The summed E-state index contributed by atoms with van der Waals surface area (Å²) >= 11 is 0. The molecule has 2 aromatic heterocycles. The van der Waals surface area contributed by atoms with Crippen molar-refractivity contribution >= 4 is 11.8 Å². The SMILES string of the molecule is N#Cc1ccc(Oc2ccc(-c3nc(C(N)=O)cc(C(O)CO)n3)cc2)c(-c2c(Oc3ccc(-c4nc(C(N)=O)cc(C(O)CO)n4)cc3)ccc(C(F)(F)F)c2C#N)c1C(F)(F)F. The van der Waals surface area contributed by atoms with Gasteiger partial charge in [-0.1, -0.05) is 0 Å². The van der Waals surface area contributed by atoms with Gasteiger partial charge in [0.05, 0.1) is 52.9 Å². The maximum atomic E-state index is 15.2. The summed E-state index contributed by atoms with van der Waals surface area (Å²) in [6, 6.07) is 17.4. The van der Waals surface area contributed by atoms with Gasteiger partial charge in [-0.3, -0.25) is 9.59 Å². The number of carbonyl (C=O) groups excluding carboxylic acids is 2. The van der Waals surface area contributed by atoms with Crippen molar-refractivity contribution < 1.29 is 65.8 Å². The number of hydrogen-bond acceptors (Lipinski definition) is 14. The molecule has 64 heavy (non-hydrogen) atoms. The smallest absolute Gasteiger partial charge is 0.418 e. The van der Waals surface area contributed by atoms with Gasteiger partial charge in [-0.2, -0.15) is 36.9 Å². The van der Waals surface area contributed by atoms with Crippen molar-refractivity contribution in [3.05, 3.63) is 130 Å². The van der Waals surface area contributed by atoms with E-state index in [9.17, 15) is 53.7 Å². The van der Waals surface area contributed by atoms with Crippen molar-refractivity contribution in [2.24, 2.45) is 11.5 Å². The molecule has 0 radical (unpaired) electrons. The van der Waals surface area contributed by atoms with Gasteiger partial charge in [0.25, 0.3) is 11.8 Å². The van der Waals surface area contributed by atoms with Crippen molar-refractivity contribution in [2.45, 2.75) is 24.6 Å². The molecular weight excluding hydrogens is 858 g/mol.